The van der Waals surface area contributed by atoms with E-state index >= 15 is 0 Å². The molecule has 2 aliphatic rings. The molecule has 3 atom stereocenters. The third-order valence-corrected chi connectivity index (χ3v) is 5.39. The molecular weight excluding hydrogens is 256 g/mol. The van der Waals surface area contributed by atoms with Crippen LogP contribution in [-0.2, 0) is 0 Å². The van der Waals surface area contributed by atoms with Crippen molar-refractivity contribution in [1.82, 2.24) is 5.32 Å². The predicted molar refractivity (Wildman–Crippen MR) is 89.4 cm³/mol. The molecule has 116 valence electrons. The SMILES string of the molecule is NC(CNC1CC1c1ccccc1)C1CCCCCCC1. The fourth-order valence-electron chi connectivity index (χ4n) is 3.86. The van der Waals surface area contributed by atoms with E-state index < -0.39 is 0 Å². The van der Waals surface area contributed by atoms with E-state index in [4.69, 9.17) is 5.73 Å². The Morgan fingerprint density at radius 3 is 2.38 bits per heavy atom. The van der Waals surface area contributed by atoms with Crippen molar-refractivity contribution in [3.05, 3.63) is 35.9 Å². The Morgan fingerprint density at radius 2 is 1.67 bits per heavy atom. The average Bonchev–Trinajstić information content (AvgIpc) is 3.25. The van der Waals surface area contributed by atoms with E-state index in [9.17, 15) is 0 Å². The normalized spacial score (nSPS) is 28.6. The fourth-order valence-corrected chi connectivity index (χ4v) is 3.86. The molecule has 2 saturated carbocycles. The number of benzene rings is 1. The molecule has 2 aliphatic carbocycles. The van der Waals surface area contributed by atoms with Gasteiger partial charge in [0, 0.05) is 24.5 Å². The maximum atomic E-state index is 6.47. The molecule has 2 fully saturated rings. The summed E-state index contributed by atoms with van der Waals surface area (Å²) in [6.45, 7) is 0.999. The van der Waals surface area contributed by atoms with Crippen LogP contribution in [0.1, 0.15) is 62.8 Å². The Kier molecular flexibility index (Phi) is 5.32. The molecule has 0 amide bonds. The van der Waals surface area contributed by atoms with Crippen LogP contribution in [0.2, 0.25) is 0 Å². The van der Waals surface area contributed by atoms with Crippen molar-refractivity contribution in [3.63, 3.8) is 0 Å². The van der Waals surface area contributed by atoms with Gasteiger partial charge in [0.25, 0.3) is 0 Å². The quantitative estimate of drug-likeness (QED) is 0.863. The molecule has 0 aromatic heterocycles. The van der Waals surface area contributed by atoms with Gasteiger partial charge in [-0.05, 0) is 30.7 Å². The van der Waals surface area contributed by atoms with Crippen LogP contribution in [-0.4, -0.2) is 18.6 Å². The van der Waals surface area contributed by atoms with Crippen LogP contribution in [0.5, 0.6) is 0 Å². The third-order valence-electron chi connectivity index (χ3n) is 5.39. The summed E-state index contributed by atoms with van der Waals surface area (Å²) < 4.78 is 0. The number of hydrogen-bond acceptors (Lipinski definition) is 2. The van der Waals surface area contributed by atoms with Crippen molar-refractivity contribution in [3.8, 4) is 0 Å². The summed E-state index contributed by atoms with van der Waals surface area (Å²) in [6, 6.07) is 11.9. The fraction of sp³-hybridized carbons (Fsp3) is 0.684. The minimum absolute atomic E-state index is 0.347. The largest absolute Gasteiger partial charge is 0.326 e. The van der Waals surface area contributed by atoms with Crippen molar-refractivity contribution >= 4 is 0 Å². The Labute approximate surface area is 129 Å². The summed E-state index contributed by atoms with van der Waals surface area (Å²) in [5, 5.41) is 3.71. The molecule has 1 aromatic rings. The number of nitrogens with one attached hydrogen (secondary N) is 1. The van der Waals surface area contributed by atoms with E-state index in [0.29, 0.717) is 12.1 Å². The zero-order valence-corrected chi connectivity index (χ0v) is 13.1. The zero-order valence-electron chi connectivity index (χ0n) is 13.1. The minimum atomic E-state index is 0.347. The second kappa shape index (κ2) is 7.42. The van der Waals surface area contributed by atoms with E-state index in [0.717, 1.165) is 18.4 Å². The predicted octanol–water partition coefficient (Wildman–Crippen LogP) is 3.82. The molecule has 0 bridgehead atoms. The molecule has 0 radical (unpaired) electrons. The highest BCUT2D eigenvalue weighted by Gasteiger charge is 2.38. The average molecular weight is 286 g/mol. The summed E-state index contributed by atoms with van der Waals surface area (Å²) in [7, 11) is 0. The van der Waals surface area contributed by atoms with Gasteiger partial charge < -0.3 is 11.1 Å². The second-order valence-corrected chi connectivity index (χ2v) is 7.04. The van der Waals surface area contributed by atoms with Gasteiger partial charge in [0.05, 0.1) is 0 Å². The first-order valence-corrected chi connectivity index (χ1v) is 8.88. The third kappa shape index (κ3) is 4.31. The van der Waals surface area contributed by atoms with Crippen LogP contribution in [0, 0.1) is 5.92 Å². The standard InChI is InChI=1S/C19H30N2/c20-18(16-11-5-2-1-3-6-12-16)14-21-19-13-17(19)15-9-7-4-8-10-15/h4,7-10,16-19,21H,1-3,5-6,11-14,20H2. The highest BCUT2D eigenvalue weighted by Crippen LogP contribution is 2.40. The van der Waals surface area contributed by atoms with Gasteiger partial charge in [-0.3, -0.25) is 0 Å². The van der Waals surface area contributed by atoms with Crippen LogP contribution < -0.4 is 11.1 Å². The van der Waals surface area contributed by atoms with Gasteiger partial charge in [-0.15, -0.1) is 0 Å². The maximum Gasteiger partial charge on any atom is 0.0194 e. The van der Waals surface area contributed by atoms with Gasteiger partial charge in [0.1, 0.15) is 0 Å². The Morgan fingerprint density at radius 1 is 1.00 bits per heavy atom. The molecular formula is C19H30N2. The lowest BCUT2D eigenvalue weighted by atomic mass is 9.86. The van der Waals surface area contributed by atoms with E-state index in [1.54, 1.807) is 0 Å². The van der Waals surface area contributed by atoms with Crippen molar-refractivity contribution in [2.24, 2.45) is 11.7 Å². The van der Waals surface area contributed by atoms with Crippen LogP contribution in [0.3, 0.4) is 0 Å². The Bertz CT molecular complexity index is 409. The van der Waals surface area contributed by atoms with Crippen LogP contribution in [0.15, 0.2) is 30.3 Å². The Balaban J connectivity index is 1.41. The van der Waals surface area contributed by atoms with Gasteiger partial charge in [-0.1, -0.05) is 62.4 Å². The molecule has 3 unspecified atom stereocenters. The first-order chi connectivity index (χ1) is 10.3. The molecule has 0 saturated heterocycles. The minimum Gasteiger partial charge on any atom is -0.326 e. The van der Waals surface area contributed by atoms with Gasteiger partial charge in [0.15, 0.2) is 0 Å². The molecule has 0 aliphatic heterocycles. The van der Waals surface area contributed by atoms with Crippen LogP contribution in [0.25, 0.3) is 0 Å². The zero-order chi connectivity index (χ0) is 14.5. The van der Waals surface area contributed by atoms with E-state index in [2.05, 4.69) is 35.6 Å². The first-order valence-electron chi connectivity index (χ1n) is 8.88. The van der Waals surface area contributed by atoms with Crippen molar-refractivity contribution in [1.29, 1.82) is 0 Å². The van der Waals surface area contributed by atoms with E-state index in [-0.39, 0.29) is 0 Å². The highest BCUT2D eigenvalue weighted by molar-refractivity contribution is 5.27. The summed E-state index contributed by atoms with van der Waals surface area (Å²) in [5.41, 5.74) is 7.95. The van der Waals surface area contributed by atoms with Gasteiger partial charge in [-0.25, -0.2) is 0 Å². The highest BCUT2D eigenvalue weighted by atomic mass is 15.0. The lowest BCUT2D eigenvalue weighted by Crippen LogP contribution is -2.41. The van der Waals surface area contributed by atoms with E-state index in [1.165, 1.54) is 56.9 Å². The molecule has 21 heavy (non-hydrogen) atoms. The number of hydrogen-bond donors (Lipinski definition) is 2. The van der Waals surface area contributed by atoms with Gasteiger partial charge in [-0.2, -0.15) is 0 Å². The summed E-state index contributed by atoms with van der Waals surface area (Å²) in [5.74, 6) is 1.46. The number of nitrogens with two attached hydrogens (primary N) is 1. The molecule has 3 rings (SSSR count). The molecule has 1 aromatic carbocycles. The van der Waals surface area contributed by atoms with Crippen LogP contribution in [0.4, 0.5) is 0 Å². The Hall–Kier alpha value is -0.860. The van der Waals surface area contributed by atoms with Crippen molar-refractivity contribution in [2.75, 3.05) is 6.54 Å². The van der Waals surface area contributed by atoms with Crippen molar-refractivity contribution in [2.45, 2.75) is 69.4 Å². The maximum absolute atomic E-state index is 6.47. The van der Waals surface area contributed by atoms with E-state index in [1.807, 2.05) is 0 Å². The smallest absolute Gasteiger partial charge is 0.0194 e. The first kappa shape index (κ1) is 15.1. The summed E-state index contributed by atoms with van der Waals surface area (Å²) >= 11 is 0. The molecule has 2 nitrogen and oxygen atoms in total. The lowest BCUT2D eigenvalue weighted by Gasteiger charge is -2.26. The topological polar surface area (TPSA) is 38.0 Å². The molecule has 3 N–H and O–H groups in total. The van der Waals surface area contributed by atoms with Gasteiger partial charge in [0.2, 0.25) is 0 Å². The monoisotopic (exact) mass is 286 g/mol. The summed E-state index contributed by atoms with van der Waals surface area (Å²) in [4.78, 5) is 0. The molecule has 0 heterocycles. The molecule has 0 spiro atoms. The number of rotatable bonds is 5. The lowest BCUT2D eigenvalue weighted by molar-refractivity contribution is 0.315. The second-order valence-electron chi connectivity index (χ2n) is 7.04. The van der Waals surface area contributed by atoms with Crippen LogP contribution >= 0.6 is 0 Å². The molecule has 2 heteroatoms. The summed E-state index contributed by atoms with van der Waals surface area (Å²) in [6.07, 6.45) is 11.0. The van der Waals surface area contributed by atoms with Gasteiger partial charge >= 0.3 is 0 Å². The van der Waals surface area contributed by atoms with Crippen molar-refractivity contribution < 1.29 is 0 Å².